The van der Waals surface area contributed by atoms with Gasteiger partial charge in [0.05, 0.1) is 23.7 Å². The van der Waals surface area contributed by atoms with Crippen LogP contribution >= 0.6 is 0 Å². The second-order valence-corrected chi connectivity index (χ2v) is 4.03. The van der Waals surface area contributed by atoms with E-state index in [9.17, 15) is 4.79 Å². The molecular weight excluding hydrogens is 244 g/mol. The number of carboxylic acid groups (broad SMARTS) is 1. The Morgan fingerprint density at radius 2 is 1.68 bits per heavy atom. The summed E-state index contributed by atoms with van der Waals surface area (Å²) in [6.45, 7) is 0. The number of hydrogen-bond acceptors (Lipinski definition) is 4. The van der Waals surface area contributed by atoms with Crippen molar-refractivity contribution in [1.29, 1.82) is 0 Å². The maximum Gasteiger partial charge on any atom is 0.337 e. The maximum absolute atomic E-state index is 11.2. The van der Waals surface area contributed by atoms with E-state index in [-0.39, 0.29) is 5.56 Å². The van der Waals surface area contributed by atoms with Gasteiger partial charge in [-0.05, 0) is 24.3 Å². The summed E-state index contributed by atoms with van der Waals surface area (Å²) in [5.74, 6) is -0.394. The average molecular weight is 254 g/mol. The van der Waals surface area contributed by atoms with Gasteiger partial charge in [0.25, 0.3) is 0 Å². The predicted octanol–water partition coefficient (Wildman–Crippen LogP) is 2.49. The number of benzene rings is 2. The second-order valence-electron chi connectivity index (χ2n) is 4.03. The number of aromatic nitrogens is 2. The van der Waals surface area contributed by atoms with Crippen molar-refractivity contribution in [3.63, 3.8) is 0 Å². The molecule has 1 N–H and O–H groups in total. The molecule has 0 fully saturated rings. The van der Waals surface area contributed by atoms with Crippen molar-refractivity contribution in [2.24, 2.45) is 0 Å². The molecule has 5 nitrogen and oxygen atoms in total. The Kier molecular flexibility index (Phi) is 2.52. The van der Waals surface area contributed by atoms with Crippen molar-refractivity contribution in [1.82, 2.24) is 9.97 Å². The second kappa shape index (κ2) is 4.20. The number of ether oxygens (including phenoxy) is 1. The number of fused-ring (bicyclic) bond motifs is 2. The van der Waals surface area contributed by atoms with Gasteiger partial charge in [-0.15, -0.1) is 0 Å². The minimum atomic E-state index is -1.01. The SMILES string of the molecule is COc1cccc2nc3c(C(=O)O)cccc3nc12. The molecule has 0 aliphatic heterocycles. The van der Waals surface area contributed by atoms with E-state index in [2.05, 4.69) is 9.97 Å². The molecule has 0 atom stereocenters. The first-order valence-corrected chi connectivity index (χ1v) is 5.67. The molecule has 5 heteroatoms. The molecule has 0 unspecified atom stereocenters. The number of methoxy groups -OCH3 is 1. The maximum atomic E-state index is 11.2. The van der Waals surface area contributed by atoms with Crippen LogP contribution in [0.5, 0.6) is 5.75 Å². The van der Waals surface area contributed by atoms with Gasteiger partial charge in [0.2, 0.25) is 0 Å². The zero-order chi connectivity index (χ0) is 13.4. The van der Waals surface area contributed by atoms with Crippen LogP contribution in [0.2, 0.25) is 0 Å². The fraction of sp³-hybridized carbons (Fsp3) is 0.0714. The lowest BCUT2D eigenvalue weighted by atomic mass is 10.1. The van der Waals surface area contributed by atoms with Gasteiger partial charge in [0.15, 0.2) is 0 Å². The number of carbonyl (C=O) groups is 1. The summed E-state index contributed by atoms with van der Waals surface area (Å²) >= 11 is 0. The van der Waals surface area contributed by atoms with Gasteiger partial charge in [0, 0.05) is 0 Å². The molecule has 3 rings (SSSR count). The Morgan fingerprint density at radius 1 is 1.05 bits per heavy atom. The van der Waals surface area contributed by atoms with Crippen LogP contribution in [0, 0.1) is 0 Å². The van der Waals surface area contributed by atoms with E-state index in [0.29, 0.717) is 27.8 Å². The van der Waals surface area contributed by atoms with Crippen molar-refractivity contribution in [3.8, 4) is 5.75 Å². The number of hydrogen-bond donors (Lipinski definition) is 1. The Bertz CT molecular complexity index is 799. The van der Waals surface area contributed by atoms with Crippen LogP contribution in [0.4, 0.5) is 0 Å². The number of para-hydroxylation sites is 2. The summed E-state index contributed by atoms with van der Waals surface area (Å²) in [7, 11) is 1.56. The highest BCUT2D eigenvalue weighted by molar-refractivity contribution is 6.03. The molecule has 0 spiro atoms. The minimum absolute atomic E-state index is 0.148. The van der Waals surface area contributed by atoms with Crippen LogP contribution in [0.3, 0.4) is 0 Å². The lowest BCUT2D eigenvalue weighted by Gasteiger charge is -2.06. The van der Waals surface area contributed by atoms with Crippen LogP contribution in [-0.2, 0) is 0 Å². The molecule has 1 aromatic heterocycles. The minimum Gasteiger partial charge on any atom is -0.494 e. The van der Waals surface area contributed by atoms with Crippen LogP contribution in [0.15, 0.2) is 36.4 Å². The molecule has 0 bridgehead atoms. The third kappa shape index (κ3) is 1.76. The zero-order valence-corrected chi connectivity index (χ0v) is 10.1. The highest BCUT2D eigenvalue weighted by Crippen LogP contribution is 2.25. The van der Waals surface area contributed by atoms with Gasteiger partial charge in [-0.2, -0.15) is 0 Å². The van der Waals surface area contributed by atoms with Crippen molar-refractivity contribution in [2.45, 2.75) is 0 Å². The van der Waals surface area contributed by atoms with E-state index in [1.807, 2.05) is 0 Å². The van der Waals surface area contributed by atoms with Gasteiger partial charge in [-0.3, -0.25) is 0 Å². The fourth-order valence-corrected chi connectivity index (χ4v) is 2.03. The summed E-state index contributed by atoms with van der Waals surface area (Å²) in [5, 5.41) is 9.16. The molecule has 0 aliphatic rings. The highest BCUT2D eigenvalue weighted by atomic mass is 16.5. The van der Waals surface area contributed by atoms with E-state index in [0.717, 1.165) is 0 Å². The lowest BCUT2D eigenvalue weighted by Crippen LogP contribution is -2.00. The smallest absolute Gasteiger partial charge is 0.337 e. The molecule has 94 valence electrons. The third-order valence-corrected chi connectivity index (χ3v) is 2.91. The molecule has 0 amide bonds. The monoisotopic (exact) mass is 254 g/mol. The lowest BCUT2D eigenvalue weighted by molar-refractivity contribution is 0.0699. The third-order valence-electron chi connectivity index (χ3n) is 2.91. The van der Waals surface area contributed by atoms with Gasteiger partial charge in [0.1, 0.15) is 16.8 Å². The molecule has 2 aromatic carbocycles. The van der Waals surface area contributed by atoms with Gasteiger partial charge >= 0.3 is 5.97 Å². The quantitative estimate of drug-likeness (QED) is 0.711. The molecular formula is C14H10N2O3. The van der Waals surface area contributed by atoms with Crippen LogP contribution < -0.4 is 4.74 Å². The molecule has 3 aromatic rings. The molecule has 19 heavy (non-hydrogen) atoms. The van der Waals surface area contributed by atoms with E-state index in [4.69, 9.17) is 9.84 Å². The first-order chi connectivity index (χ1) is 9.20. The first-order valence-electron chi connectivity index (χ1n) is 5.67. The molecule has 0 aliphatic carbocycles. The number of rotatable bonds is 2. The zero-order valence-electron chi connectivity index (χ0n) is 10.1. The van der Waals surface area contributed by atoms with Gasteiger partial charge in [-0.25, -0.2) is 14.8 Å². The van der Waals surface area contributed by atoms with Crippen molar-refractivity contribution < 1.29 is 14.6 Å². The Hall–Kier alpha value is -2.69. The van der Waals surface area contributed by atoms with E-state index in [1.54, 1.807) is 37.4 Å². The summed E-state index contributed by atoms with van der Waals surface area (Å²) in [4.78, 5) is 20.0. The molecule has 1 heterocycles. The molecule has 0 radical (unpaired) electrons. The standard InChI is InChI=1S/C14H10N2O3/c1-19-11-7-3-6-10-13(11)16-9-5-2-4-8(14(17)18)12(9)15-10/h2-7H,1H3,(H,17,18). The fourth-order valence-electron chi connectivity index (χ4n) is 2.03. The largest absolute Gasteiger partial charge is 0.494 e. The average Bonchev–Trinajstić information content (AvgIpc) is 2.43. The highest BCUT2D eigenvalue weighted by Gasteiger charge is 2.12. The summed E-state index contributed by atoms with van der Waals surface area (Å²) in [5.41, 5.74) is 2.31. The van der Waals surface area contributed by atoms with E-state index < -0.39 is 5.97 Å². The Morgan fingerprint density at radius 3 is 2.37 bits per heavy atom. The van der Waals surface area contributed by atoms with E-state index in [1.165, 1.54) is 6.07 Å². The number of carboxylic acids is 1. The van der Waals surface area contributed by atoms with Crippen LogP contribution in [0.25, 0.3) is 22.1 Å². The normalized spacial score (nSPS) is 10.8. The van der Waals surface area contributed by atoms with Crippen molar-refractivity contribution in [3.05, 3.63) is 42.0 Å². The summed E-state index contributed by atoms with van der Waals surface area (Å²) in [6.07, 6.45) is 0. The van der Waals surface area contributed by atoms with Gasteiger partial charge in [-0.1, -0.05) is 12.1 Å². The summed E-state index contributed by atoms with van der Waals surface area (Å²) in [6, 6.07) is 10.3. The Labute approximate surface area is 108 Å². The summed E-state index contributed by atoms with van der Waals surface area (Å²) < 4.78 is 5.24. The Balaban J connectivity index is 2.45. The molecule has 0 saturated heterocycles. The van der Waals surface area contributed by atoms with Crippen LogP contribution in [-0.4, -0.2) is 28.2 Å². The van der Waals surface area contributed by atoms with Crippen molar-refractivity contribution in [2.75, 3.05) is 7.11 Å². The van der Waals surface area contributed by atoms with Gasteiger partial charge < -0.3 is 9.84 Å². The first kappa shape index (κ1) is 11.4. The molecule has 0 saturated carbocycles. The predicted molar refractivity (Wildman–Crippen MR) is 70.6 cm³/mol. The number of nitrogens with zero attached hydrogens (tertiary/aromatic N) is 2. The van der Waals surface area contributed by atoms with E-state index >= 15 is 0 Å². The van der Waals surface area contributed by atoms with Crippen LogP contribution in [0.1, 0.15) is 10.4 Å². The topological polar surface area (TPSA) is 72.3 Å². The van der Waals surface area contributed by atoms with Crippen molar-refractivity contribution >= 4 is 28.0 Å². The number of aromatic carboxylic acids is 1.